The zero-order valence-corrected chi connectivity index (χ0v) is 17.0. The first-order chi connectivity index (χ1) is 12.8. The second-order valence-corrected chi connectivity index (χ2v) is 9.82. The van der Waals surface area contributed by atoms with Gasteiger partial charge < -0.3 is 14.6 Å². The van der Waals surface area contributed by atoms with E-state index in [0.29, 0.717) is 31.0 Å². The molecule has 1 saturated heterocycles. The third-order valence-corrected chi connectivity index (χ3v) is 6.98. The first kappa shape index (κ1) is 20.3. The van der Waals surface area contributed by atoms with E-state index in [2.05, 4.69) is 10.5 Å². The summed E-state index contributed by atoms with van der Waals surface area (Å²) in [5.74, 6) is 0.907. The van der Waals surface area contributed by atoms with Gasteiger partial charge in [0.25, 0.3) is 5.91 Å². The number of rotatable bonds is 8. The molecule has 0 radical (unpaired) electrons. The Labute approximate surface area is 160 Å². The maximum absolute atomic E-state index is 12.5. The molecular formula is C18H29N3O5S. The zero-order chi connectivity index (χ0) is 19.6. The van der Waals surface area contributed by atoms with Crippen molar-refractivity contribution in [1.29, 1.82) is 0 Å². The first-order valence-corrected chi connectivity index (χ1v) is 11.3. The number of nitrogens with zero attached hydrogens (tertiary/aromatic N) is 2. The van der Waals surface area contributed by atoms with Gasteiger partial charge in [-0.25, -0.2) is 8.42 Å². The summed E-state index contributed by atoms with van der Waals surface area (Å²) in [5, 5.41) is 6.82. The van der Waals surface area contributed by atoms with E-state index in [9.17, 15) is 13.2 Å². The van der Waals surface area contributed by atoms with Crippen LogP contribution < -0.4 is 5.32 Å². The van der Waals surface area contributed by atoms with Gasteiger partial charge in [0.15, 0.2) is 5.69 Å². The standard InChI is InChI=1S/C18H29N3O5S/c1-12(2)25-8-9-27(23,24)21-7-6-15(10-13(21)3)19-18(22)16-11-17(26-20-16)14-4-5-14/h11-15H,4-10H2,1-3H3,(H,19,22)/t13-,15-/m1/s1. The Morgan fingerprint density at radius 2 is 2.15 bits per heavy atom. The molecule has 0 unspecified atom stereocenters. The van der Waals surface area contributed by atoms with Crippen LogP contribution in [0.25, 0.3) is 0 Å². The highest BCUT2D eigenvalue weighted by molar-refractivity contribution is 7.89. The van der Waals surface area contributed by atoms with Crippen LogP contribution in [0.1, 0.15) is 68.6 Å². The third kappa shape index (κ3) is 5.30. The van der Waals surface area contributed by atoms with Gasteiger partial charge in [0.05, 0.1) is 18.5 Å². The Balaban J connectivity index is 1.50. The molecule has 27 heavy (non-hydrogen) atoms. The van der Waals surface area contributed by atoms with Gasteiger partial charge in [0.2, 0.25) is 10.0 Å². The lowest BCUT2D eigenvalue weighted by Gasteiger charge is -2.36. The van der Waals surface area contributed by atoms with Crippen molar-refractivity contribution in [3.05, 3.63) is 17.5 Å². The van der Waals surface area contributed by atoms with Gasteiger partial charge in [-0.05, 0) is 46.5 Å². The van der Waals surface area contributed by atoms with Gasteiger partial charge >= 0.3 is 0 Å². The second-order valence-electron chi connectivity index (χ2n) is 7.78. The molecule has 2 heterocycles. The molecule has 1 N–H and O–H groups in total. The minimum atomic E-state index is -3.36. The van der Waals surface area contributed by atoms with E-state index in [-0.39, 0.29) is 36.5 Å². The summed E-state index contributed by atoms with van der Waals surface area (Å²) in [7, 11) is -3.36. The third-order valence-electron chi connectivity index (χ3n) is 5.04. The maximum atomic E-state index is 12.5. The molecule has 9 heteroatoms. The van der Waals surface area contributed by atoms with Crippen LogP contribution in [-0.4, -0.2) is 60.9 Å². The predicted molar refractivity (Wildman–Crippen MR) is 100 cm³/mol. The molecule has 152 valence electrons. The molecular weight excluding hydrogens is 370 g/mol. The number of ether oxygens (including phenoxy) is 1. The van der Waals surface area contributed by atoms with E-state index in [0.717, 1.165) is 18.6 Å². The number of amides is 1. The van der Waals surface area contributed by atoms with Crippen molar-refractivity contribution in [2.45, 2.75) is 70.6 Å². The SMILES string of the molecule is CC(C)OCCS(=O)(=O)N1CC[C@@H](NC(=O)c2cc(C3CC3)on2)C[C@H]1C. The number of carbonyl (C=O) groups is 1. The van der Waals surface area contributed by atoms with Crippen LogP contribution in [-0.2, 0) is 14.8 Å². The van der Waals surface area contributed by atoms with E-state index in [1.165, 1.54) is 4.31 Å². The number of nitrogens with one attached hydrogen (secondary N) is 1. The Morgan fingerprint density at radius 1 is 1.41 bits per heavy atom. The van der Waals surface area contributed by atoms with Crippen molar-refractivity contribution >= 4 is 15.9 Å². The molecule has 1 aliphatic carbocycles. The number of piperidine rings is 1. The van der Waals surface area contributed by atoms with Crippen molar-refractivity contribution in [1.82, 2.24) is 14.8 Å². The summed E-state index contributed by atoms with van der Waals surface area (Å²) in [6, 6.07) is 1.46. The van der Waals surface area contributed by atoms with E-state index < -0.39 is 10.0 Å². The molecule has 1 amide bonds. The molecule has 0 bridgehead atoms. The van der Waals surface area contributed by atoms with Gasteiger partial charge in [0.1, 0.15) is 5.76 Å². The molecule has 2 aliphatic rings. The quantitative estimate of drug-likeness (QED) is 0.716. The number of hydrogen-bond acceptors (Lipinski definition) is 6. The monoisotopic (exact) mass is 399 g/mol. The van der Waals surface area contributed by atoms with Crippen molar-refractivity contribution in [2.75, 3.05) is 18.9 Å². The van der Waals surface area contributed by atoms with Gasteiger partial charge in [-0.2, -0.15) is 4.31 Å². The largest absolute Gasteiger partial charge is 0.378 e. The Hall–Kier alpha value is -1.45. The summed E-state index contributed by atoms with van der Waals surface area (Å²) in [4.78, 5) is 12.4. The van der Waals surface area contributed by atoms with Gasteiger partial charge in [-0.3, -0.25) is 4.79 Å². The highest BCUT2D eigenvalue weighted by Gasteiger charge is 2.34. The van der Waals surface area contributed by atoms with Gasteiger partial charge in [0, 0.05) is 30.6 Å². The molecule has 2 atom stereocenters. The second kappa shape index (κ2) is 8.28. The van der Waals surface area contributed by atoms with Gasteiger partial charge in [-0.1, -0.05) is 5.16 Å². The minimum absolute atomic E-state index is 0.00975. The smallest absolute Gasteiger partial charge is 0.273 e. The summed E-state index contributed by atoms with van der Waals surface area (Å²) in [6.07, 6.45) is 3.33. The number of sulfonamides is 1. The molecule has 1 aliphatic heterocycles. The molecule has 0 spiro atoms. The highest BCUT2D eigenvalue weighted by Crippen LogP contribution is 2.40. The fourth-order valence-corrected chi connectivity index (χ4v) is 4.98. The van der Waals surface area contributed by atoms with E-state index in [1.54, 1.807) is 6.07 Å². The average Bonchev–Trinajstić information content (AvgIpc) is 3.31. The van der Waals surface area contributed by atoms with Crippen LogP contribution in [0.2, 0.25) is 0 Å². The summed E-state index contributed by atoms with van der Waals surface area (Å²) in [5.41, 5.74) is 0.297. The summed E-state index contributed by atoms with van der Waals surface area (Å²) >= 11 is 0. The first-order valence-electron chi connectivity index (χ1n) is 9.65. The molecule has 3 rings (SSSR count). The number of carbonyl (C=O) groups excluding carboxylic acids is 1. The molecule has 1 aromatic rings. The molecule has 2 fully saturated rings. The fourth-order valence-electron chi connectivity index (χ4n) is 3.42. The lowest BCUT2D eigenvalue weighted by molar-refractivity contribution is 0.0892. The molecule has 0 aromatic carbocycles. The van der Waals surface area contributed by atoms with Crippen LogP contribution in [0, 0.1) is 0 Å². The number of aromatic nitrogens is 1. The van der Waals surface area contributed by atoms with Crippen molar-refractivity contribution in [2.24, 2.45) is 0 Å². The molecule has 1 aromatic heterocycles. The van der Waals surface area contributed by atoms with Crippen LogP contribution in [0.4, 0.5) is 0 Å². The Bertz CT molecular complexity index is 757. The fraction of sp³-hybridized carbons (Fsp3) is 0.778. The van der Waals surface area contributed by atoms with Crippen LogP contribution in [0.5, 0.6) is 0 Å². The van der Waals surface area contributed by atoms with Crippen molar-refractivity contribution < 1.29 is 22.5 Å². The Kier molecular flexibility index (Phi) is 6.22. The topological polar surface area (TPSA) is 102 Å². The van der Waals surface area contributed by atoms with Gasteiger partial charge in [-0.15, -0.1) is 0 Å². The van der Waals surface area contributed by atoms with E-state index in [1.807, 2.05) is 20.8 Å². The zero-order valence-electron chi connectivity index (χ0n) is 16.2. The Morgan fingerprint density at radius 3 is 2.78 bits per heavy atom. The van der Waals surface area contributed by atoms with Crippen molar-refractivity contribution in [3.8, 4) is 0 Å². The number of hydrogen-bond donors (Lipinski definition) is 1. The van der Waals surface area contributed by atoms with Crippen LogP contribution >= 0.6 is 0 Å². The highest BCUT2D eigenvalue weighted by atomic mass is 32.2. The van der Waals surface area contributed by atoms with Crippen LogP contribution in [0.3, 0.4) is 0 Å². The lowest BCUT2D eigenvalue weighted by atomic mass is 10.0. The van der Waals surface area contributed by atoms with E-state index in [4.69, 9.17) is 9.26 Å². The lowest BCUT2D eigenvalue weighted by Crippen LogP contribution is -2.51. The van der Waals surface area contributed by atoms with Crippen molar-refractivity contribution in [3.63, 3.8) is 0 Å². The van der Waals surface area contributed by atoms with Crippen LogP contribution in [0.15, 0.2) is 10.6 Å². The predicted octanol–water partition coefficient (Wildman–Crippen LogP) is 1.89. The minimum Gasteiger partial charge on any atom is -0.378 e. The summed E-state index contributed by atoms with van der Waals surface area (Å²) < 4.78 is 37.2. The maximum Gasteiger partial charge on any atom is 0.273 e. The normalized spacial score (nSPS) is 24.3. The molecule has 1 saturated carbocycles. The van der Waals surface area contributed by atoms with E-state index >= 15 is 0 Å². The molecule has 8 nitrogen and oxygen atoms in total. The summed E-state index contributed by atoms with van der Waals surface area (Å²) in [6.45, 7) is 6.22. The average molecular weight is 400 g/mol.